The predicted molar refractivity (Wildman–Crippen MR) is 80.9 cm³/mol. The maximum absolute atomic E-state index is 11.9. The van der Waals surface area contributed by atoms with Gasteiger partial charge in [-0.3, -0.25) is 4.79 Å². The second-order valence-electron chi connectivity index (χ2n) is 4.95. The summed E-state index contributed by atoms with van der Waals surface area (Å²) in [5.41, 5.74) is 2.81. The smallest absolute Gasteiger partial charge is 0.220 e. The van der Waals surface area contributed by atoms with Crippen molar-refractivity contribution < 1.29 is 4.79 Å². The van der Waals surface area contributed by atoms with Gasteiger partial charge in [-0.05, 0) is 43.4 Å². The molecule has 0 aromatic heterocycles. The van der Waals surface area contributed by atoms with Gasteiger partial charge in [0.2, 0.25) is 5.91 Å². The summed E-state index contributed by atoms with van der Waals surface area (Å²) in [4.78, 5) is 11.9. The van der Waals surface area contributed by atoms with Crippen LogP contribution < -0.4 is 10.6 Å². The minimum absolute atomic E-state index is 0. The van der Waals surface area contributed by atoms with Gasteiger partial charge in [0.25, 0.3) is 0 Å². The number of benzene rings is 1. The molecule has 3 nitrogen and oxygen atoms in total. The highest BCUT2D eigenvalue weighted by Crippen LogP contribution is 2.33. The van der Waals surface area contributed by atoms with Crippen LogP contribution in [0.2, 0.25) is 0 Å². The average Bonchev–Trinajstić information content (AvgIpc) is 2.39. The van der Waals surface area contributed by atoms with Gasteiger partial charge in [-0.15, -0.1) is 12.4 Å². The molecule has 1 atom stereocenters. The molecule has 1 aliphatic rings. The molecule has 1 unspecified atom stereocenters. The lowest BCUT2D eigenvalue weighted by Gasteiger charge is -2.25. The summed E-state index contributed by atoms with van der Waals surface area (Å²) in [7, 11) is 1.89. The quantitative estimate of drug-likeness (QED) is 0.814. The highest BCUT2D eigenvalue weighted by Gasteiger charge is 2.21. The number of halogens is 1. The van der Waals surface area contributed by atoms with E-state index in [9.17, 15) is 4.79 Å². The SMILES string of the molecule is CNCCNC(=O)CC1CCCc2ccccc21.Cl. The zero-order valence-corrected chi connectivity index (χ0v) is 12.3. The molecule has 106 valence electrons. The van der Waals surface area contributed by atoms with E-state index in [-0.39, 0.29) is 18.3 Å². The van der Waals surface area contributed by atoms with Crippen molar-refractivity contribution in [3.8, 4) is 0 Å². The monoisotopic (exact) mass is 282 g/mol. The molecule has 1 aromatic carbocycles. The molecule has 0 bridgehead atoms. The molecule has 0 spiro atoms. The zero-order chi connectivity index (χ0) is 12.8. The maximum atomic E-state index is 11.9. The molecule has 0 heterocycles. The predicted octanol–water partition coefficient (Wildman–Crippen LogP) is 2.25. The molecule has 2 rings (SSSR count). The summed E-state index contributed by atoms with van der Waals surface area (Å²) in [5.74, 6) is 0.580. The van der Waals surface area contributed by atoms with E-state index in [1.165, 1.54) is 17.5 Å². The second-order valence-corrected chi connectivity index (χ2v) is 4.95. The van der Waals surface area contributed by atoms with Crippen LogP contribution in [-0.2, 0) is 11.2 Å². The molecule has 0 saturated heterocycles. The molecule has 0 aliphatic heterocycles. The summed E-state index contributed by atoms with van der Waals surface area (Å²) in [6.07, 6.45) is 4.12. The standard InChI is InChI=1S/C15H22N2O.ClH/c1-16-9-10-17-15(18)11-13-7-4-6-12-5-2-3-8-14(12)13;/h2-3,5,8,13,16H,4,6-7,9-11H2,1H3,(H,17,18);1H. The molecule has 1 aromatic rings. The van der Waals surface area contributed by atoms with Gasteiger partial charge in [-0.25, -0.2) is 0 Å². The van der Waals surface area contributed by atoms with Crippen LogP contribution in [0, 0.1) is 0 Å². The topological polar surface area (TPSA) is 41.1 Å². The van der Waals surface area contributed by atoms with Gasteiger partial charge in [0, 0.05) is 19.5 Å². The Labute approximate surface area is 121 Å². The van der Waals surface area contributed by atoms with Gasteiger partial charge < -0.3 is 10.6 Å². The van der Waals surface area contributed by atoms with Crippen LogP contribution in [0.15, 0.2) is 24.3 Å². The van der Waals surface area contributed by atoms with Crippen molar-refractivity contribution in [1.29, 1.82) is 0 Å². The summed E-state index contributed by atoms with van der Waals surface area (Å²) in [6, 6.07) is 8.55. The summed E-state index contributed by atoms with van der Waals surface area (Å²) in [5, 5.41) is 5.99. The van der Waals surface area contributed by atoms with Crippen molar-refractivity contribution in [3.05, 3.63) is 35.4 Å². The number of likely N-dealkylation sites (N-methyl/N-ethyl adjacent to an activating group) is 1. The lowest BCUT2D eigenvalue weighted by Crippen LogP contribution is -2.31. The molecule has 1 amide bonds. The molecular formula is C15H23ClN2O. The highest BCUT2D eigenvalue weighted by atomic mass is 35.5. The Bertz CT molecular complexity index is 409. The number of carbonyl (C=O) groups excluding carboxylic acids is 1. The van der Waals surface area contributed by atoms with Crippen LogP contribution in [0.4, 0.5) is 0 Å². The van der Waals surface area contributed by atoms with E-state index in [0.717, 1.165) is 19.4 Å². The minimum atomic E-state index is 0. The number of nitrogens with one attached hydrogen (secondary N) is 2. The van der Waals surface area contributed by atoms with Gasteiger partial charge in [0.1, 0.15) is 0 Å². The fraction of sp³-hybridized carbons (Fsp3) is 0.533. The van der Waals surface area contributed by atoms with Gasteiger partial charge >= 0.3 is 0 Å². The molecule has 0 fully saturated rings. The third-order valence-corrected chi connectivity index (χ3v) is 3.62. The van der Waals surface area contributed by atoms with Gasteiger partial charge in [-0.1, -0.05) is 24.3 Å². The number of amides is 1. The van der Waals surface area contributed by atoms with Crippen molar-refractivity contribution in [2.45, 2.75) is 31.6 Å². The molecule has 19 heavy (non-hydrogen) atoms. The Kier molecular flexibility index (Phi) is 6.89. The Morgan fingerprint density at radius 1 is 1.32 bits per heavy atom. The zero-order valence-electron chi connectivity index (χ0n) is 11.4. The Hall–Kier alpha value is -1.06. The van der Waals surface area contributed by atoms with Gasteiger partial charge in [0.15, 0.2) is 0 Å². The molecule has 0 saturated carbocycles. The molecule has 4 heteroatoms. The number of carbonyl (C=O) groups is 1. The molecule has 1 aliphatic carbocycles. The molecular weight excluding hydrogens is 260 g/mol. The lowest BCUT2D eigenvalue weighted by atomic mass is 9.81. The van der Waals surface area contributed by atoms with Crippen LogP contribution in [0.3, 0.4) is 0 Å². The van der Waals surface area contributed by atoms with E-state index in [2.05, 4.69) is 34.9 Å². The maximum Gasteiger partial charge on any atom is 0.220 e. The van der Waals surface area contributed by atoms with E-state index in [1.54, 1.807) is 0 Å². The summed E-state index contributed by atoms with van der Waals surface area (Å²) < 4.78 is 0. The van der Waals surface area contributed by atoms with E-state index in [0.29, 0.717) is 18.9 Å². The first-order chi connectivity index (χ1) is 8.81. The van der Waals surface area contributed by atoms with Crippen LogP contribution in [0.25, 0.3) is 0 Å². The lowest BCUT2D eigenvalue weighted by molar-refractivity contribution is -0.121. The summed E-state index contributed by atoms with van der Waals surface area (Å²) >= 11 is 0. The van der Waals surface area contributed by atoms with Crippen molar-refractivity contribution >= 4 is 18.3 Å². The van der Waals surface area contributed by atoms with Crippen LogP contribution in [0.1, 0.15) is 36.3 Å². The number of fused-ring (bicyclic) bond motifs is 1. The van der Waals surface area contributed by atoms with Crippen molar-refractivity contribution in [2.24, 2.45) is 0 Å². The number of hydrogen-bond acceptors (Lipinski definition) is 2. The number of rotatable bonds is 5. The largest absolute Gasteiger partial charge is 0.355 e. The van der Waals surface area contributed by atoms with Crippen molar-refractivity contribution in [2.75, 3.05) is 20.1 Å². The highest BCUT2D eigenvalue weighted by molar-refractivity contribution is 5.85. The fourth-order valence-electron chi connectivity index (χ4n) is 2.69. The Balaban J connectivity index is 0.00000180. The van der Waals surface area contributed by atoms with Crippen LogP contribution in [-0.4, -0.2) is 26.0 Å². The second kappa shape index (κ2) is 8.18. The minimum Gasteiger partial charge on any atom is -0.355 e. The van der Waals surface area contributed by atoms with Gasteiger partial charge in [-0.2, -0.15) is 0 Å². The third-order valence-electron chi connectivity index (χ3n) is 3.62. The average molecular weight is 283 g/mol. The fourth-order valence-corrected chi connectivity index (χ4v) is 2.69. The molecule has 0 radical (unpaired) electrons. The van der Waals surface area contributed by atoms with E-state index >= 15 is 0 Å². The van der Waals surface area contributed by atoms with Crippen molar-refractivity contribution in [1.82, 2.24) is 10.6 Å². The van der Waals surface area contributed by atoms with Crippen LogP contribution >= 0.6 is 12.4 Å². The summed E-state index contributed by atoms with van der Waals surface area (Å²) in [6.45, 7) is 1.54. The van der Waals surface area contributed by atoms with E-state index < -0.39 is 0 Å². The number of aryl methyl sites for hydroxylation is 1. The first kappa shape index (κ1) is 16.0. The van der Waals surface area contributed by atoms with E-state index in [4.69, 9.17) is 0 Å². The Morgan fingerprint density at radius 2 is 2.11 bits per heavy atom. The Morgan fingerprint density at radius 3 is 2.89 bits per heavy atom. The molecule has 2 N–H and O–H groups in total. The first-order valence-corrected chi connectivity index (χ1v) is 6.80. The first-order valence-electron chi connectivity index (χ1n) is 6.80. The van der Waals surface area contributed by atoms with Crippen molar-refractivity contribution in [3.63, 3.8) is 0 Å². The number of hydrogen-bond donors (Lipinski definition) is 2. The van der Waals surface area contributed by atoms with Gasteiger partial charge in [0.05, 0.1) is 0 Å². The third kappa shape index (κ3) is 4.51. The van der Waals surface area contributed by atoms with E-state index in [1.807, 2.05) is 7.05 Å². The van der Waals surface area contributed by atoms with Crippen LogP contribution in [0.5, 0.6) is 0 Å². The normalized spacial score (nSPS) is 17.2.